The summed E-state index contributed by atoms with van der Waals surface area (Å²) < 4.78 is 5.18. The number of carbonyl (C=O) groups excluding carboxylic acids is 1. The summed E-state index contributed by atoms with van der Waals surface area (Å²) in [5, 5.41) is 0.717. The minimum atomic E-state index is -0.398. The maximum absolute atomic E-state index is 12.1. The minimum Gasteiger partial charge on any atom is -0.466 e. The van der Waals surface area contributed by atoms with Gasteiger partial charge in [0.15, 0.2) is 0 Å². The highest BCUT2D eigenvalue weighted by atomic mass is 35.5. The van der Waals surface area contributed by atoms with Crippen molar-refractivity contribution >= 4 is 17.6 Å². The fourth-order valence-corrected chi connectivity index (χ4v) is 3.50. The molecular formula is C17H24ClNO2. The van der Waals surface area contributed by atoms with E-state index in [2.05, 4.69) is 11.8 Å². The van der Waals surface area contributed by atoms with Crippen molar-refractivity contribution in [3.05, 3.63) is 34.9 Å². The Labute approximate surface area is 132 Å². The van der Waals surface area contributed by atoms with Crippen LogP contribution in [0.15, 0.2) is 24.3 Å². The zero-order chi connectivity index (χ0) is 15.3. The third-order valence-corrected chi connectivity index (χ3v) is 4.63. The zero-order valence-corrected chi connectivity index (χ0v) is 13.7. The topological polar surface area (TPSA) is 29.5 Å². The van der Waals surface area contributed by atoms with Crippen LogP contribution in [0.5, 0.6) is 0 Å². The molecule has 4 heteroatoms. The van der Waals surface area contributed by atoms with Crippen molar-refractivity contribution in [3.63, 3.8) is 0 Å². The van der Waals surface area contributed by atoms with Gasteiger partial charge >= 0.3 is 5.97 Å². The normalized spacial score (nSPS) is 19.0. The van der Waals surface area contributed by atoms with Gasteiger partial charge in [0, 0.05) is 5.02 Å². The molecule has 1 atom stereocenters. The number of piperidine rings is 1. The molecule has 2 rings (SSSR count). The van der Waals surface area contributed by atoms with E-state index in [0.717, 1.165) is 23.7 Å². The Balaban J connectivity index is 2.33. The quantitative estimate of drug-likeness (QED) is 0.770. The molecule has 0 N–H and O–H groups in total. The molecule has 116 valence electrons. The number of hydrogen-bond donors (Lipinski definition) is 0. The predicted molar refractivity (Wildman–Crippen MR) is 85.5 cm³/mol. The maximum Gasteiger partial charge on any atom is 0.308 e. The smallest absolute Gasteiger partial charge is 0.308 e. The lowest BCUT2D eigenvalue weighted by Gasteiger charge is -2.43. The molecule has 1 aliphatic heterocycles. The summed E-state index contributed by atoms with van der Waals surface area (Å²) in [6.45, 7) is 6.36. The van der Waals surface area contributed by atoms with E-state index in [4.69, 9.17) is 16.3 Å². The molecule has 1 aromatic carbocycles. The molecule has 3 nitrogen and oxygen atoms in total. The summed E-state index contributed by atoms with van der Waals surface area (Å²) in [7, 11) is 0. The van der Waals surface area contributed by atoms with Gasteiger partial charge in [0.25, 0.3) is 0 Å². The third kappa shape index (κ3) is 3.78. The first-order valence-corrected chi connectivity index (χ1v) is 8.11. The molecule has 0 aromatic heterocycles. The Morgan fingerprint density at radius 3 is 2.57 bits per heavy atom. The number of halogens is 1. The molecule has 1 heterocycles. The molecule has 0 spiro atoms. The summed E-state index contributed by atoms with van der Waals surface area (Å²) in [6, 6.07) is 7.82. The van der Waals surface area contributed by atoms with Gasteiger partial charge in [-0.2, -0.15) is 0 Å². The Bertz CT molecular complexity index is 485. The van der Waals surface area contributed by atoms with Crippen molar-refractivity contribution in [1.82, 2.24) is 4.90 Å². The number of likely N-dealkylation sites (tertiary alicyclic amines) is 1. The van der Waals surface area contributed by atoms with E-state index in [1.807, 2.05) is 31.2 Å². The lowest BCUT2D eigenvalue weighted by molar-refractivity contribution is -0.146. The summed E-state index contributed by atoms with van der Waals surface area (Å²) in [6.07, 6.45) is 3.94. The zero-order valence-electron chi connectivity index (χ0n) is 12.9. The van der Waals surface area contributed by atoms with Crippen molar-refractivity contribution in [2.45, 2.75) is 45.1 Å². The van der Waals surface area contributed by atoms with Crippen molar-refractivity contribution < 1.29 is 9.53 Å². The van der Waals surface area contributed by atoms with E-state index in [1.54, 1.807) is 0 Å². The predicted octanol–water partition coefficient (Wildman–Crippen LogP) is 3.99. The second-order valence-corrected chi connectivity index (χ2v) is 6.19. The van der Waals surface area contributed by atoms with Gasteiger partial charge in [0.2, 0.25) is 0 Å². The largest absolute Gasteiger partial charge is 0.466 e. The summed E-state index contributed by atoms with van der Waals surface area (Å²) in [5.41, 5.74) is 0.618. The highest BCUT2D eigenvalue weighted by Gasteiger charge is 2.38. The molecule has 1 unspecified atom stereocenters. The molecule has 0 amide bonds. The number of carbonyl (C=O) groups is 1. The van der Waals surface area contributed by atoms with Crippen LogP contribution in [0.3, 0.4) is 0 Å². The van der Waals surface area contributed by atoms with Crippen molar-refractivity contribution in [1.29, 1.82) is 0 Å². The monoisotopic (exact) mass is 309 g/mol. The molecule has 0 radical (unpaired) electrons. The Kier molecular flexibility index (Phi) is 5.65. The van der Waals surface area contributed by atoms with E-state index in [-0.39, 0.29) is 5.97 Å². The molecule has 1 saturated heterocycles. The number of benzene rings is 1. The van der Waals surface area contributed by atoms with Crippen LogP contribution in [0.1, 0.15) is 45.1 Å². The Morgan fingerprint density at radius 1 is 1.29 bits per heavy atom. The summed E-state index contributed by atoms with van der Waals surface area (Å²) in [4.78, 5) is 14.5. The number of hydrogen-bond acceptors (Lipinski definition) is 3. The number of esters is 1. The van der Waals surface area contributed by atoms with Gasteiger partial charge in [-0.3, -0.25) is 9.69 Å². The molecule has 1 fully saturated rings. The number of nitrogens with zero attached hydrogens (tertiary/aromatic N) is 1. The molecule has 0 aliphatic carbocycles. The molecular weight excluding hydrogens is 286 g/mol. The maximum atomic E-state index is 12.1. The fourth-order valence-electron chi connectivity index (χ4n) is 3.16. The van der Waals surface area contributed by atoms with Crippen LogP contribution in [0.4, 0.5) is 0 Å². The van der Waals surface area contributed by atoms with Crippen molar-refractivity contribution in [3.8, 4) is 0 Å². The molecule has 21 heavy (non-hydrogen) atoms. The van der Waals surface area contributed by atoms with Gasteiger partial charge in [-0.1, -0.05) is 36.2 Å². The fraction of sp³-hybridized carbons (Fsp3) is 0.588. The Morgan fingerprint density at radius 2 is 1.95 bits per heavy atom. The van der Waals surface area contributed by atoms with Crippen molar-refractivity contribution in [2.24, 2.45) is 0 Å². The Hall–Kier alpha value is -1.06. The van der Waals surface area contributed by atoms with E-state index >= 15 is 0 Å². The number of rotatable bonds is 5. The standard InChI is InChI=1S/C17H24ClNO2/c1-3-21-16(20)13-17(2,19-11-7-4-8-12-19)14-9-5-6-10-15(14)18/h5-6,9-10H,3-4,7-8,11-13H2,1-2H3. The van der Waals surface area contributed by atoms with Crippen LogP contribution >= 0.6 is 11.6 Å². The van der Waals surface area contributed by atoms with E-state index < -0.39 is 5.54 Å². The molecule has 0 saturated carbocycles. The highest BCUT2D eigenvalue weighted by Crippen LogP contribution is 2.38. The lowest BCUT2D eigenvalue weighted by atomic mass is 9.85. The first-order chi connectivity index (χ1) is 10.1. The minimum absolute atomic E-state index is 0.162. The summed E-state index contributed by atoms with van der Waals surface area (Å²) in [5.74, 6) is -0.162. The first-order valence-electron chi connectivity index (χ1n) is 7.73. The van der Waals surface area contributed by atoms with Gasteiger partial charge in [0.1, 0.15) is 0 Å². The van der Waals surface area contributed by atoms with E-state index in [1.165, 1.54) is 19.3 Å². The van der Waals surface area contributed by atoms with Gasteiger partial charge < -0.3 is 4.74 Å². The van der Waals surface area contributed by atoms with Crippen molar-refractivity contribution in [2.75, 3.05) is 19.7 Å². The second kappa shape index (κ2) is 7.28. The van der Waals surface area contributed by atoms with Crippen LogP contribution in [-0.4, -0.2) is 30.6 Å². The van der Waals surface area contributed by atoms with Crippen LogP contribution in [0.2, 0.25) is 5.02 Å². The summed E-state index contributed by atoms with van der Waals surface area (Å²) >= 11 is 6.41. The highest BCUT2D eigenvalue weighted by molar-refractivity contribution is 6.31. The van der Waals surface area contributed by atoms with E-state index in [0.29, 0.717) is 13.0 Å². The van der Waals surface area contributed by atoms with Gasteiger partial charge in [-0.15, -0.1) is 0 Å². The molecule has 1 aliphatic rings. The van der Waals surface area contributed by atoms with Crippen LogP contribution < -0.4 is 0 Å². The van der Waals surface area contributed by atoms with Crippen LogP contribution in [-0.2, 0) is 15.1 Å². The first kappa shape index (κ1) is 16.3. The van der Waals surface area contributed by atoms with Gasteiger partial charge in [-0.25, -0.2) is 0 Å². The molecule has 1 aromatic rings. The lowest BCUT2D eigenvalue weighted by Crippen LogP contribution is -2.48. The average molecular weight is 310 g/mol. The van der Waals surface area contributed by atoms with Gasteiger partial charge in [-0.05, 0) is 51.4 Å². The van der Waals surface area contributed by atoms with Crippen LogP contribution in [0, 0.1) is 0 Å². The molecule has 0 bridgehead atoms. The third-order valence-electron chi connectivity index (χ3n) is 4.30. The van der Waals surface area contributed by atoms with E-state index in [9.17, 15) is 4.79 Å². The van der Waals surface area contributed by atoms with Gasteiger partial charge in [0.05, 0.1) is 18.6 Å². The average Bonchev–Trinajstić information content (AvgIpc) is 2.48. The van der Waals surface area contributed by atoms with Crippen LogP contribution in [0.25, 0.3) is 0 Å². The number of ether oxygens (including phenoxy) is 1. The SMILES string of the molecule is CCOC(=O)CC(C)(c1ccccc1Cl)N1CCCCC1. The second-order valence-electron chi connectivity index (χ2n) is 5.78.